The van der Waals surface area contributed by atoms with Gasteiger partial charge in [0, 0.05) is 25.0 Å². The first-order chi connectivity index (χ1) is 12.1. The molecule has 0 aromatic heterocycles. The second-order valence-corrected chi connectivity index (χ2v) is 6.78. The van der Waals surface area contributed by atoms with Gasteiger partial charge in [0.1, 0.15) is 5.75 Å². The van der Waals surface area contributed by atoms with Gasteiger partial charge in [0.15, 0.2) is 6.10 Å². The molecular weight excluding hydrogens is 318 g/mol. The minimum absolute atomic E-state index is 0.0451. The molecule has 1 aliphatic carbocycles. The Kier molecular flexibility index (Phi) is 5.22. The largest absolute Gasteiger partial charge is 0.481 e. The molecule has 2 amide bonds. The van der Waals surface area contributed by atoms with Crippen molar-refractivity contribution in [2.45, 2.75) is 44.8 Å². The highest BCUT2D eigenvalue weighted by Crippen LogP contribution is 2.29. The molecule has 1 N–H and O–H groups in total. The lowest BCUT2D eigenvalue weighted by Crippen LogP contribution is -2.49. The predicted molar refractivity (Wildman–Crippen MR) is 91.7 cm³/mol. The summed E-state index contributed by atoms with van der Waals surface area (Å²) in [4.78, 5) is 26.1. The smallest absolute Gasteiger partial charge is 0.263 e. The van der Waals surface area contributed by atoms with E-state index in [4.69, 9.17) is 10.00 Å². The van der Waals surface area contributed by atoms with Gasteiger partial charge in [-0.15, -0.1) is 0 Å². The normalized spacial score (nSPS) is 19.0. The SMILES string of the molecule is CC(Oc1ccc(C#N)cc1)C(=O)N1CCC(NC(=O)C2CC2)CC1. The molecule has 3 rings (SSSR count). The Morgan fingerprint density at radius 2 is 1.84 bits per heavy atom. The van der Waals surface area contributed by atoms with E-state index in [1.165, 1.54) is 0 Å². The zero-order chi connectivity index (χ0) is 17.8. The van der Waals surface area contributed by atoms with Gasteiger partial charge >= 0.3 is 0 Å². The number of rotatable bonds is 5. The molecule has 2 aliphatic rings. The van der Waals surface area contributed by atoms with Crippen LogP contribution in [0.3, 0.4) is 0 Å². The van der Waals surface area contributed by atoms with E-state index < -0.39 is 6.10 Å². The van der Waals surface area contributed by atoms with Crippen molar-refractivity contribution in [3.8, 4) is 11.8 Å². The van der Waals surface area contributed by atoms with Gasteiger partial charge in [0.2, 0.25) is 5.91 Å². The van der Waals surface area contributed by atoms with Crippen LogP contribution in [0, 0.1) is 17.2 Å². The van der Waals surface area contributed by atoms with Crippen molar-refractivity contribution in [1.29, 1.82) is 5.26 Å². The summed E-state index contributed by atoms with van der Waals surface area (Å²) < 4.78 is 5.69. The molecule has 1 aromatic rings. The highest BCUT2D eigenvalue weighted by molar-refractivity contribution is 5.82. The highest BCUT2D eigenvalue weighted by Gasteiger charge is 2.33. The average molecular weight is 341 g/mol. The number of amides is 2. The van der Waals surface area contributed by atoms with Gasteiger partial charge in [0.25, 0.3) is 5.91 Å². The van der Waals surface area contributed by atoms with Gasteiger partial charge in [-0.3, -0.25) is 9.59 Å². The van der Waals surface area contributed by atoms with Crippen LogP contribution in [0.5, 0.6) is 5.75 Å². The second-order valence-electron chi connectivity index (χ2n) is 6.78. The minimum atomic E-state index is -0.578. The number of carbonyl (C=O) groups excluding carboxylic acids is 2. The third-order valence-electron chi connectivity index (χ3n) is 4.75. The number of piperidine rings is 1. The summed E-state index contributed by atoms with van der Waals surface area (Å²) in [5, 5.41) is 11.9. The molecule has 1 saturated heterocycles. The number of likely N-dealkylation sites (tertiary alicyclic amines) is 1. The number of nitrogens with one attached hydrogen (secondary N) is 1. The van der Waals surface area contributed by atoms with Crippen LogP contribution >= 0.6 is 0 Å². The third kappa shape index (κ3) is 4.50. The van der Waals surface area contributed by atoms with Crippen molar-refractivity contribution in [1.82, 2.24) is 10.2 Å². The molecule has 0 bridgehead atoms. The number of ether oxygens (including phenoxy) is 1. The molecule has 1 heterocycles. The van der Waals surface area contributed by atoms with Crippen molar-refractivity contribution in [3.63, 3.8) is 0 Å². The Morgan fingerprint density at radius 3 is 2.40 bits per heavy atom. The molecule has 0 spiro atoms. The summed E-state index contributed by atoms with van der Waals surface area (Å²) in [6.45, 7) is 3.01. The molecule has 1 saturated carbocycles. The maximum absolute atomic E-state index is 12.5. The molecule has 1 atom stereocenters. The Labute approximate surface area is 147 Å². The molecule has 6 heteroatoms. The lowest BCUT2D eigenvalue weighted by molar-refractivity contribution is -0.139. The van der Waals surface area contributed by atoms with E-state index in [2.05, 4.69) is 5.32 Å². The fourth-order valence-corrected chi connectivity index (χ4v) is 3.03. The van der Waals surface area contributed by atoms with E-state index in [0.29, 0.717) is 24.4 Å². The molecule has 6 nitrogen and oxygen atoms in total. The van der Waals surface area contributed by atoms with Crippen molar-refractivity contribution >= 4 is 11.8 Å². The van der Waals surface area contributed by atoms with Crippen LogP contribution < -0.4 is 10.1 Å². The number of nitriles is 1. The van der Waals surface area contributed by atoms with Crippen molar-refractivity contribution < 1.29 is 14.3 Å². The van der Waals surface area contributed by atoms with Gasteiger partial charge < -0.3 is 15.0 Å². The zero-order valence-electron chi connectivity index (χ0n) is 14.4. The van der Waals surface area contributed by atoms with E-state index in [1.54, 1.807) is 36.1 Å². The summed E-state index contributed by atoms with van der Waals surface area (Å²) in [6, 6.07) is 8.95. The molecule has 1 unspecified atom stereocenters. The Bertz CT molecular complexity index is 668. The first kappa shape index (κ1) is 17.3. The Balaban J connectivity index is 1.46. The standard InChI is InChI=1S/C19H23N3O3/c1-13(25-17-6-2-14(12-20)3-7-17)19(24)22-10-8-16(9-11-22)21-18(23)15-4-5-15/h2-3,6-7,13,15-16H,4-5,8-11H2,1H3,(H,21,23). The number of carbonyl (C=O) groups is 2. The summed E-state index contributed by atoms with van der Waals surface area (Å²) >= 11 is 0. The van der Waals surface area contributed by atoms with Crippen LogP contribution in [-0.2, 0) is 9.59 Å². The van der Waals surface area contributed by atoms with Crippen LogP contribution in [0.4, 0.5) is 0 Å². The lowest BCUT2D eigenvalue weighted by Gasteiger charge is -2.33. The number of hydrogen-bond donors (Lipinski definition) is 1. The van der Waals surface area contributed by atoms with E-state index in [0.717, 1.165) is 25.7 Å². The quantitative estimate of drug-likeness (QED) is 0.886. The maximum Gasteiger partial charge on any atom is 0.263 e. The van der Waals surface area contributed by atoms with Crippen LogP contribution in [-0.4, -0.2) is 41.9 Å². The van der Waals surface area contributed by atoms with Gasteiger partial charge in [-0.2, -0.15) is 5.26 Å². The van der Waals surface area contributed by atoms with Crippen molar-refractivity contribution in [2.24, 2.45) is 5.92 Å². The van der Waals surface area contributed by atoms with Crippen LogP contribution in [0.2, 0.25) is 0 Å². The number of nitrogens with zero attached hydrogens (tertiary/aromatic N) is 2. The van der Waals surface area contributed by atoms with Crippen LogP contribution in [0.25, 0.3) is 0 Å². The first-order valence-corrected chi connectivity index (χ1v) is 8.83. The minimum Gasteiger partial charge on any atom is -0.481 e. The fourth-order valence-electron chi connectivity index (χ4n) is 3.03. The van der Waals surface area contributed by atoms with Crippen molar-refractivity contribution in [2.75, 3.05) is 13.1 Å². The van der Waals surface area contributed by atoms with E-state index in [-0.39, 0.29) is 23.8 Å². The monoisotopic (exact) mass is 341 g/mol. The van der Waals surface area contributed by atoms with Crippen LogP contribution in [0.15, 0.2) is 24.3 Å². The Morgan fingerprint density at radius 1 is 1.20 bits per heavy atom. The van der Waals surface area contributed by atoms with Crippen LogP contribution in [0.1, 0.15) is 38.2 Å². The summed E-state index contributed by atoms with van der Waals surface area (Å²) in [5.41, 5.74) is 0.557. The zero-order valence-corrected chi connectivity index (χ0v) is 14.4. The molecule has 132 valence electrons. The van der Waals surface area contributed by atoms with Gasteiger partial charge in [0.05, 0.1) is 11.6 Å². The second kappa shape index (κ2) is 7.56. The summed E-state index contributed by atoms with van der Waals surface area (Å²) in [7, 11) is 0. The molecule has 25 heavy (non-hydrogen) atoms. The maximum atomic E-state index is 12.5. The third-order valence-corrected chi connectivity index (χ3v) is 4.75. The molecule has 1 aromatic carbocycles. The predicted octanol–water partition coefficient (Wildman–Crippen LogP) is 1.84. The van der Waals surface area contributed by atoms with Gasteiger partial charge in [-0.25, -0.2) is 0 Å². The van der Waals surface area contributed by atoms with Crippen molar-refractivity contribution in [3.05, 3.63) is 29.8 Å². The first-order valence-electron chi connectivity index (χ1n) is 8.83. The molecule has 1 aliphatic heterocycles. The number of hydrogen-bond acceptors (Lipinski definition) is 4. The molecule has 0 radical (unpaired) electrons. The molecular formula is C19H23N3O3. The fraction of sp³-hybridized carbons (Fsp3) is 0.526. The number of benzene rings is 1. The van der Waals surface area contributed by atoms with Gasteiger partial charge in [-0.1, -0.05) is 0 Å². The molecule has 2 fully saturated rings. The highest BCUT2D eigenvalue weighted by atomic mass is 16.5. The average Bonchev–Trinajstić information content (AvgIpc) is 3.47. The Hall–Kier alpha value is -2.55. The lowest BCUT2D eigenvalue weighted by atomic mass is 10.0. The van der Waals surface area contributed by atoms with E-state index in [1.807, 2.05) is 6.07 Å². The topological polar surface area (TPSA) is 82.4 Å². The van der Waals surface area contributed by atoms with E-state index >= 15 is 0 Å². The summed E-state index contributed by atoms with van der Waals surface area (Å²) in [6.07, 6.45) is 3.01. The summed E-state index contributed by atoms with van der Waals surface area (Å²) in [5.74, 6) is 0.922. The van der Waals surface area contributed by atoms with Gasteiger partial charge in [-0.05, 0) is 56.9 Å². The van der Waals surface area contributed by atoms with E-state index in [9.17, 15) is 9.59 Å².